The zero-order valence-electron chi connectivity index (χ0n) is 14.5. The molecular formula is C16H26ClN3O3S2. The molecule has 1 heterocycles. The molecule has 6 nitrogen and oxygen atoms in total. The van der Waals surface area contributed by atoms with E-state index in [-0.39, 0.29) is 35.8 Å². The quantitative estimate of drug-likeness (QED) is 0.711. The van der Waals surface area contributed by atoms with Crippen molar-refractivity contribution in [1.29, 1.82) is 0 Å². The van der Waals surface area contributed by atoms with Gasteiger partial charge in [0.1, 0.15) is 0 Å². The van der Waals surface area contributed by atoms with Crippen LogP contribution in [0, 0.1) is 6.92 Å². The fourth-order valence-corrected chi connectivity index (χ4v) is 4.36. The lowest BCUT2D eigenvalue weighted by molar-refractivity contribution is -0.130. The third kappa shape index (κ3) is 7.15. The topological polar surface area (TPSA) is 78.5 Å². The largest absolute Gasteiger partial charge is 0.344 e. The summed E-state index contributed by atoms with van der Waals surface area (Å²) in [6, 6.07) is 6.90. The highest BCUT2D eigenvalue weighted by Gasteiger charge is 2.19. The molecule has 1 aromatic carbocycles. The average molecular weight is 408 g/mol. The van der Waals surface area contributed by atoms with Crippen molar-refractivity contribution in [3.63, 3.8) is 0 Å². The number of hydrogen-bond donors (Lipinski definition) is 2. The van der Waals surface area contributed by atoms with Crippen LogP contribution >= 0.6 is 24.2 Å². The van der Waals surface area contributed by atoms with Crippen LogP contribution < -0.4 is 10.0 Å². The molecule has 1 saturated heterocycles. The molecule has 2 rings (SSSR count). The maximum absolute atomic E-state index is 12.2. The number of nitrogens with one attached hydrogen (secondary N) is 2. The summed E-state index contributed by atoms with van der Waals surface area (Å²) in [6.45, 7) is 3.39. The summed E-state index contributed by atoms with van der Waals surface area (Å²) < 4.78 is 26.9. The van der Waals surface area contributed by atoms with E-state index in [1.165, 1.54) is 0 Å². The Bertz CT molecular complexity index is 647. The van der Waals surface area contributed by atoms with Crippen LogP contribution in [0.5, 0.6) is 0 Å². The summed E-state index contributed by atoms with van der Waals surface area (Å²) in [5.74, 6) is 2.06. The fourth-order valence-electron chi connectivity index (χ4n) is 2.39. The monoisotopic (exact) mass is 407 g/mol. The number of likely N-dealkylation sites (N-methyl/N-ethyl adjacent to an activating group) is 1. The second-order valence-corrected chi connectivity index (χ2v) is 8.87. The van der Waals surface area contributed by atoms with Gasteiger partial charge in [0.2, 0.25) is 15.9 Å². The molecule has 2 N–H and O–H groups in total. The van der Waals surface area contributed by atoms with Gasteiger partial charge in [0, 0.05) is 50.7 Å². The lowest BCUT2D eigenvalue weighted by Gasteiger charge is -2.25. The highest BCUT2D eigenvalue weighted by molar-refractivity contribution is 7.99. The van der Waals surface area contributed by atoms with Gasteiger partial charge in [-0.25, -0.2) is 13.1 Å². The first kappa shape index (κ1) is 22.2. The normalized spacial score (nSPS) is 17.6. The van der Waals surface area contributed by atoms with Crippen LogP contribution in [0.2, 0.25) is 0 Å². The van der Waals surface area contributed by atoms with E-state index < -0.39 is 10.0 Å². The average Bonchev–Trinajstić information content (AvgIpc) is 2.56. The maximum atomic E-state index is 12.2. The van der Waals surface area contributed by atoms with Crippen molar-refractivity contribution in [1.82, 2.24) is 14.9 Å². The molecular weight excluding hydrogens is 382 g/mol. The van der Waals surface area contributed by atoms with Crippen LogP contribution in [-0.2, 0) is 14.8 Å². The van der Waals surface area contributed by atoms with E-state index in [1.54, 1.807) is 36.2 Å². The van der Waals surface area contributed by atoms with Gasteiger partial charge in [-0.05, 0) is 19.1 Å². The van der Waals surface area contributed by atoms with Crippen molar-refractivity contribution in [2.24, 2.45) is 0 Å². The van der Waals surface area contributed by atoms with Crippen LogP contribution in [-0.4, -0.2) is 63.5 Å². The number of sulfonamides is 1. The minimum Gasteiger partial charge on any atom is -0.344 e. The highest BCUT2D eigenvalue weighted by Crippen LogP contribution is 2.11. The summed E-state index contributed by atoms with van der Waals surface area (Å²) >= 11 is 1.85. The van der Waals surface area contributed by atoms with E-state index in [4.69, 9.17) is 0 Å². The van der Waals surface area contributed by atoms with Crippen molar-refractivity contribution >= 4 is 40.1 Å². The van der Waals surface area contributed by atoms with Crippen LogP contribution in [0.25, 0.3) is 0 Å². The van der Waals surface area contributed by atoms with E-state index >= 15 is 0 Å². The van der Waals surface area contributed by atoms with Crippen LogP contribution in [0.15, 0.2) is 29.2 Å². The number of rotatable bonds is 7. The molecule has 0 bridgehead atoms. The Hall–Kier alpha value is -0.800. The van der Waals surface area contributed by atoms with Crippen LogP contribution in [0.1, 0.15) is 12.0 Å². The zero-order chi connectivity index (χ0) is 17.6. The van der Waals surface area contributed by atoms with Gasteiger partial charge in [-0.2, -0.15) is 11.8 Å². The molecule has 9 heteroatoms. The first-order valence-corrected chi connectivity index (χ1v) is 10.6. The first-order chi connectivity index (χ1) is 11.4. The van der Waals surface area contributed by atoms with Gasteiger partial charge < -0.3 is 10.2 Å². The first-order valence-electron chi connectivity index (χ1n) is 8.00. The Morgan fingerprint density at radius 3 is 2.64 bits per heavy atom. The molecule has 1 fully saturated rings. The van der Waals surface area contributed by atoms with E-state index in [9.17, 15) is 13.2 Å². The third-order valence-corrected chi connectivity index (χ3v) is 6.52. The molecule has 0 aliphatic carbocycles. The number of amides is 1. The van der Waals surface area contributed by atoms with Gasteiger partial charge in [0.05, 0.1) is 4.90 Å². The molecule has 1 unspecified atom stereocenters. The molecule has 1 aromatic rings. The summed E-state index contributed by atoms with van der Waals surface area (Å²) in [5, 5.41) is 3.33. The van der Waals surface area contributed by atoms with Gasteiger partial charge in [-0.15, -0.1) is 12.4 Å². The number of carbonyl (C=O) groups is 1. The van der Waals surface area contributed by atoms with Gasteiger partial charge in [0.15, 0.2) is 0 Å². The Morgan fingerprint density at radius 2 is 2.04 bits per heavy atom. The Morgan fingerprint density at radius 1 is 1.36 bits per heavy atom. The molecule has 1 aliphatic heterocycles. The Balaban J connectivity index is 0.00000312. The number of benzene rings is 1. The molecule has 25 heavy (non-hydrogen) atoms. The molecule has 0 saturated carbocycles. The third-order valence-electron chi connectivity index (χ3n) is 3.92. The molecule has 0 aromatic heterocycles. The number of carbonyl (C=O) groups excluding carboxylic acids is 1. The van der Waals surface area contributed by atoms with Crippen molar-refractivity contribution in [2.75, 3.05) is 38.2 Å². The smallest absolute Gasteiger partial charge is 0.240 e. The predicted molar refractivity (Wildman–Crippen MR) is 105 cm³/mol. The second kappa shape index (κ2) is 10.4. The van der Waals surface area contributed by atoms with Gasteiger partial charge in [0.25, 0.3) is 0 Å². The molecule has 142 valence electrons. The summed E-state index contributed by atoms with van der Waals surface area (Å²) in [6.07, 6.45) is 0.453. The van der Waals surface area contributed by atoms with Crippen molar-refractivity contribution in [3.05, 3.63) is 29.8 Å². The van der Waals surface area contributed by atoms with Crippen molar-refractivity contribution in [2.45, 2.75) is 24.3 Å². The Kier molecular flexibility index (Phi) is 9.23. The fraction of sp³-hybridized carbons (Fsp3) is 0.562. The van der Waals surface area contributed by atoms with Gasteiger partial charge in [-0.3, -0.25) is 4.79 Å². The van der Waals surface area contributed by atoms with E-state index in [0.717, 1.165) is 23.6 Å². The summed E-state index contributed by atoms with van der Waals surface area (Å²) in [7, 11) is -1.82. The van der Waals surface area contributed by atoms with Gasteiger partial charge in [-0.1, -0.05) is 17.7 Å². The van der Waals surface area contributed by atoms with E-state index in [0.29, 0.717) is 13.0 Å². The number of halogens is 1. The van der Waals surface area contributed by atoms with Gasteiger partial charge >= 0.3 is 0 Å². The maximum Gasteiger partial charge on any atom is 0.240 e. The summed E-state index contributed by atoms with van der Waals surface area (Å²) in [4.78, 5) is 14.0. The highest BCUT2D eigenvalue weighted by atomic mass is 35.5. The SMILES string of the molecule is Cc1ccc(S(=O)(=O)NCCN(C)C(=O)CC2CSCCN2)cc1.Cl. The number of hydrogen-bond acceptors (Lipinski definition) is 5. The number of thioether (sulfide) groups is 1. The van der Waals surface area contributed by atoms with Crippen molar-refractivity contribution < 1.29 is 13.2 Å². The lowest BCUT2D eigenvalue weighted by Crippen LogP contribution is -2.43. The minimum absolute atomic E-state index is 0. The number of aryl methyl sites for hydroxylation is 1. The molecule has 1 atom stereocenters. The van der Waals surface area contributed by atoms with Crippen LogP contribution in [0.4, 0.5) is 0 Å². The summed E-state index contributed by atoms with van der Waals surface area (Å²) in [5.41, 5.74) is 1.01. The minimum atomic E-state index is -3.53. The predicted octanol–water partition coefficient (Wildman–Crippen LogP) is 1.25. The lowest BCUT2D eigenvalue weighted by atomic mass is 10.2. The molecule has 0 spiro atoms. The van der Waals surface area contributed by atoms with E-state index in [1.807, 2.05) is 18.7 Å². The molecule has 1 amide bonds. The molecule has 0 radical (unpaired) electrons. The standard InChI is InChI=1S/C16H25N3O3S2.ClH/c1-13-3-5-15(6-4-13)24(21,22)18-7-9-19(2)16(20)11-14-12-23-10-8-17-14;/h3-6,14,17-18H,7-12H2,1-2H3;1H. The van der Waals surface area contributed by atoms with Crippen LogP contribution in [0.3, 0.4) is 0 Å². The van der Waals surface area contributed by atoms with Crippen molar-refractivity contribution in [3.8, 4) is 0 Å². The van der Waals surface area contributed by atoms with E-state index in [2.05, 4.69) is 10.0 Å². The Labute approximate surface area is 160 Å². The second-order valence-electron chi connectivity index (χ2n) is 5.96. The zero-order valence-corrected chi connectivity index (χ0v) is 17.0. The molecule has 1 aliphatic rings. The number of nitrogens with zero attached hydrogens (tertiary/aromatic N) is 1.